The van der Waals surface area contributed by atoms with Gasteiger partial charge in [-0.3, -0.25) is 4.79 Å². The van der Waals surface area contributed by atoms with Crippen LogP contribution in [0.3, 0.4) is 0 Å². The van der Waals surface area contributed by atoms with Gasteiger partial charge >= 0.3 is 0 Å². The second-order valence-corrected chi connectivity index (χ2v) is 12.0. The molecule has 38 heavy (non-hydrogen) atoms. The maximum Gasteiger partial charge on any atom is 0.172 e. The van der Waals surface area contributed by atoms with Crippen LogP contribution in [0.1, 0.15) is 125 Å². The molecule has 0 aromatic heterocycles. The maximum absolute atomic E-state index is 12.7. The first-order valence-electron chi connectivity index (χ1n) is 15.4. The topological polar surface area (TPSA) is 17.1 Å². The van der Waals surface area contributed by atoms with E-state index in [0.717, 1.165) is 11.3 Å². The first-order chi connectivity index (χ1) is 18.8. The molecule has 0 aliphatic heterocycles. The summed E-state index contributed by atoms with van der Waals surface area (Å²) in [5, 5.41) is 2.70. The summed E-state index contributed by atoms with van der Waals surface area (Å²) in [6.07, 6.45) is 20.7. The van der Waals surface area contributed by atoms with Crippen molar-refractivity contribution < 1.29 is 4.79 Å². The van der Waals surface area contributed by atoms with Gasteiger partial charge < -0.3 is 0 Å². The average Bonchev–Trinajstić information content (AvgIpc) is 2.96. The number of fused-ring (bicyclic) bond motifs is 1. The first-order valence-corrected chi connectivity index (χ1v) is 16.6. The highest BCUT2D eigenvalue weighted by atomic mass is 32.2. The minimum atomic E-state index is 0.240. The molecule has 0 aliphatic carbocycles. The molecule has 3 aromatic rings. The highest BCUT2D eigenvalue weighted by Gasteiger charge is 2.16. The second kappa shape index (κ2) is 19.1. The Bertz CT molecular complexity index is 1020. The Morgan fingerprint density at radius 3 is 1.84 bits per heavy atom. The third-order valence-corrected chi connectivity index (χ3v) is 8.92. The van der Waals surface area contributed by atoms with Crippen molar-refractivity contribution in [3.05, 3.63) is 83.9 Å². The van der Waals surface area contributed by atoms with Crippen molar-refractivity contribution in [3.8, 4) is 0 Å². The lowest BCUT2D eigenvalue weighted by Crippen LogP contribution is -2.08. The summed E-state index contributed by atoms with van der Waals surface area (Å²) < 4.78 is 0. The van der Waals surface area contributed by atoms with Gasteiger partial charge in [-0.15, -0.1) is 0 Å². The number of benzene rings is 3. The van der Waals surface area contributed by atoms with Crippen molar-refractivity contribution in [2.75, 3.05) is 11.5 Å². The maximum atomic E-state index is 12.7. The molecule has 1 atom stereocenters. The molecule has 0 amide bonds. The van der Waals surface area contributed by atoms with E-state index in [4.69, 9.17) is 0 Å². The molecule has 0 saturated heterocycles. The van der Waals surface area contributed by atoms with E-state index in [1.54, 1.807) is 11.8 Å². The molecule has 0 bridgehead atoms. The zero-order valence-electron chi connectivity index (χ0n) is 23.8. The predicted octanol–water partition coefficient (Wildman–Crippen LogP) is 11.4. The number of hydrogen-bond donors (Lipinski definition) is 0. The van der Waals surface area contributed by atoms with Crippen molar-refractivity contribution >= 4 is 28.3 Å². The van der Waals surface area contributed by atoms with Crippen molar-refractivity contribution in [2.24, 2.45) is 0 Å². The van der Waals surface area contributed by atoms with E-state index in [-0.39, 0.29) is 5.78 Å². The third kappa shape index (κ3) is 11.4. The number of unbranched alkanes of at least 4 members (excludes halogenated alkanes) is 13. The molecule has 2 heteroatoms. The van der Waals surface area contributed by atoms with Crippen LogP contribution >= 0.6 is 11.8 Å². The standard InChI is InChI=1S/C36H50OS/c1-2-3-4-5-6-7-8-9-10-11-12-13-14-16-25-33(29-38-30-36(37)32-23-17-15-18-24-32)35-28-21-26-31-22-19-20-27-34(31)35/h15,17-24,26-28,33H,2-14,16,25,29-30H2,1H3. The quantitative estimate of drug-likeness (QED) is 0.101. The fourth-order valence-corrected chi connectivity index (χ4v) is 6.62. The van der Waals surface area contributed by atoms with E-state index in [0.29, 0.717) is 11.7 Å². The summed E-state index contributed by atoms with van der Waals surface area (Å²) >= 11 is 1.80. The molecule has 0 fully saturated rings. The van der Waals surface area contributed by atoms with Gasteiger partial charge in [0.15, 0.2) is 5.78 Å². The molecule has 1 unspecified atom stereocenters. The minimum absolute atomic E-state index is 0.240. The Hall–Kier alpha value is -2.06. The molecule has 1 nitrogen and oxygen atoms in total. The summed E-state index contributed by atoms with van der Waals surface area (Å²) in [6, 6.07) is 25.2. The van der Waals surface area contributed by atoms with Crippen LogP contribution < -0.4 is 0 Å². The highest BCUT2D eigenvalue weighted by Crippen LogP contribution is 2.32. The Labute approximate surface area is 237 Å². The fourth-order valence-electron chi connectivity index (χ4n) is 5.52. The average molecular weight is 531 g/mol. The summed E-state index contributed by atoms with van der Waals surface area (Å²) in [6.45, 7) is 2.29. The minimum Gasteiger partial charge on any atom is -0.293 e. The summed E-state index contributed by atoms with van der Waals surface area (Å²) in [5.41, 5.74) is 2.28. The second-order valence-electron chi connectivity index (χ2n) is 11.0. The van der Waals surface area contributed by atoms with Crippen LogP contribution in [0.25, 0.3) is 10.8 Å². The van der Waals surface area contributed by atoms with Crippen LogP contribution in [-0.2, 0) is 0 Å². The normalized spacial score (nSPS) is 12.1. The molecule has 0 spiro atoms. The van der Waals surface area contributed by atoms with Crippen LogP contribution in [0.5, 0.6) is 0 Å². The van der Waals surface area contributed by atoms with Crippen LogP contribution in [0.2, 0.25) is 0 Å². The highest BCUT2D eigenvalue weighted by molar-refractivity contribution is 8.00. The van der Waals surface area contributed by atoms with Gasteiger partial charge in [-0.2, -0.15) is 11.8 Å². The molecule has 0 saturated carbocycles. The van der Waals surface area contributed by atoms with Crippen LogP contribution in [0.4, 0.5) is 0 Å². The lowest BCUT2D eigenvalue weighted by atomic mass is 9.90. The lowest BCUT2D eigenvalue weighted by molar-refractivity contribution is 0.102. The Balaban J connectivity index is 1.38. The van der Waals surface area contributed by atoms with E-state index < -0.39 is 0 Å². The zero-order valence-corrected chi connectivity index (χ0v) is 24.7. The van der Waals surface area contributed by atoms with Crippen molar-refractivity contribution in [2.45, 2.75) is 109 Å². The Morgan fingerprint density at radius 2 is 1.18 bits per heavy atom. The number of hydrogen-bond acceptors (Lipinski definition) is 2. The SMILES string of the molecule is CCCCCCCCCCCCCCCCC(CSCC(=O)c1ccccc1)c1cccc2ccccc12. The van der Waals surface area contributed by atoms with Gasteiger partial charge in [-0.05, 0) is 28.7 Å². The summed E-state index contributed by atoms with van der Waals surface area (Å²) in [4.78, 5) is 12.7. The molecule has 206 valence electrons. The smallest absolute Gasteiger partial charge is 0.172 e. The van der Waals surface area contributed by atoms with Gasteiger partial charge in [0.1, 0.15) is 0 Å². The van der Waals surface area contributed by atoms with Crippen molar-refractivity contribution in [1.82, 2.24) is 0 Å². The molecule has 0 heterocycles. The van der Waals surface area contributed by atoms with E-state index >= 15 is 0 Å². The van der Waals surface area contributed by atoms with Crippen molar-refractivity contribution in [3.63, 3.8) is 0 Å². The van der Waals surface area contributed by atoms with Crippen LogP contribution in [0.15, 0.2) is 72.8 Å². The molecular formula is C36H50OS. The number of carbonyl (C=O) groups is 1. The number of carbonyl (C=O) groups excluding carboxylic acids is 1. The van der Waals surface area contributed by atoms with Gasteiger partial charge in [0, 0.05) is 11.3 Å². The largest absolute Gasteiger partial charge is 0.293 e. The van der Waals surface area contributed by atoms with Gasteiger partial charge in [-0.25, -0.2) is 0 Å². The first kappa shape index (κ1) is 30.5. The summed E-state index contributed by atoms with van der Waals surface area (Å²) in [5.74, 6) is 2.30. The summed E-state index contributed by atoms with van der Waals surface area (Å²) in [7, 11) is 0. The lowest BCUT2D eigenvalue weighted by Gasteiger charge is -2.19. The number of thioether (sulfide) groups is 1. The van der Waals surface area contributed by atoms with Crippen molar-refractivity contribution in [1.29, 1.82) is 0 Å². The molecule has 0 N–H and O–H groups in total. The number of rotatable bonds is 21. The van der Waals surface area contributed by atoms with E-state index in [1.165, 1.54) is 113 Å². The zero-order chi connectivity index (χ0) is 26.7. The van der Waals surface area contributed by atoms with E-state index in [2.05, 4.69) is 49.4 Å². The fraction of sp³-hybridized carbons (Fsp3) is 0.528. The molecule has 0 aliphatic rings. The molecular weight excluding hydrogens is 480 g/mol. The third-order valence-electron chi connectivity index (χ3n) is 7.82. The molecule has 0 radical (unpaired) electrons. The Kier molecular flexibility index (Phi) is 15.3. The van der Waals surface area contributed by atoms with Gasteiger partial charge in [0.25, 0.3) is 0 Å². The van der Waals surface area contributed by atoms with Crippen LogP contribution in [-0.4, -0.2) is 17.3 Å². The van der Waals surface area contributed by atoms with Gasteiger partial charge in [-0.1, -0.05) is 170 Å². The number of ketones is 1. The monoisotopic (exact) mass is 530 g/mol. The molecule has 3 rings (SSSR count). The van der Waals surface area contributed by atoms with Gasteiger partial charge in [0.2, 0.25) is 0 Å². The Morgan fingerprint density at radius 1 is 0.632 bits per heavy atom. The number of Topliss-reactive ketones (excluding diaryl/α,β-unsaturated/α-hetero) is 1. The predicted molar refractivity (Wildman–Crippen MR) is 170 cm³/mol. The van der Waals surface area contributed by atoms with E-state index in [1.807, 2.05) is 30.3 Å². The van der Waals surface area contributed by atoms with Crippen LogP contribution in [0, 0.1) is 0 Å². The molecule has 3 aromatic carbocycles. The van der Waals surface area contributed by atoms with Gasteiger partial charge in [0.05, 0.1) is 5.75 Å². The van der Waals surface area contributed by atoms with E-state index in [9.17, 15) is 4.79 Å².